The number of benzene rings is 2. The first-order chi connectivity index (χ1) is 15.2. The molecule has 1 N–H and O–H groups in total. The third-order valence-corrected chi connectivity index (χ3v) is 6.10. The molecule has 0 bridgehead atoms. The number of amides is 1. The molecule has 1 saturated heterocycles. The summed E-state index contributed by atoms with van der Waals surface area (Å²) in [6, 6.07) is 11.1. The molecule has 1 aliphatic heterocycles. The highest BCUT2D eigenvalue weighted by Crippen LogP contribution is 2.36. The lowest BCUT2D eigenvalue weighted by molar-refractivity contribution is -0.137. The zero-order valence-electron chi connectivity index (χ0n) is 18.1. The Labute approximate surface area is 185 Å². The number of hydrogen-bond donors (Lipinski definition) is 1. The predicted octanol–water partition coefficient (Wildman–Crippen LogP) is 5.02. The number of piperidine rings is 1. The van der Waals surface area contributed by atoms with Gasteiger partial charge >= 0.3 is 12.1 Å². The summed E-state index contributed by atoms with van der Waals surface area (Å²) in [5.74, 6) is -1.08. The van der Waals surface area contributed by atoms with Gasteiger partial charge in [0.05, 0.1) is 11.1 Å². The second-order valence-electron chi connectivity index (χ2n) is 7.92. The van der Waals surface area contributed by atoms with Crippen molar-refractivity contribution in [3.8, 4) is 0 Å². The van der Waals surface area contributed by atoms with E-state index in [4.69, 9.17) is 0 Å². The van der Waals surface area contributed by atoms with Gasteiger partial charge in [-0.15, -0.1) is 0 Å². The van der Waals surface area contributed by atoms with Gasteiger partial charge in [0.1, 0.15) is 6.04 Å². The normalized spacial score (nSPS) is 19.0. The van der Waals surface area contributed by atoms with Crippen LogP contribution in [0.4, 0.5) is 18.9 Å². The van der Waals surface area contributed by atoms with Crippen LogP contribution in [0.15, 0.2) is 48.5 Å². The van der Waals surface area contributed by atoms with Crippen molar-refractivity contribution >= 4 is 17.6 Å². The zero-order valence-corrected chi connectivity index (χ0v) is 18.1. The highest BCUT2D eigenvalue weighted by Gasteiger charge is 2.36. The lowest BCUT2D eigenvalue weighted by atomic mass is 9.86. The summed E-state index contributed by atoms with van der Waals surface area (Å²) < 4.78 is 38.8. The van der Waals surface area contributed by atoms with Crippen molar-refractivity contribution in [2.45, 2.75) is 44.8 Å². The van der Waals surface area contributed by atoms with Gasteiger partial charge in [0.15, 0.2) is 0 Å². The number of carbonyl (C=O) groups excluding carboxylic acids is 1. The number of carbonyl (C=O) groups is 2. The maximum Gasteiger partial charge on any atom is 0.416 e. The van der Waals surface area contributed by atoms with E-state index in [2.05, 4.69) is 0 Å². The zero-order chi connectivity index (χ0) is 23.5. The Kier molecular flexibility index (Phi) is 7.11. The maximum absolute atomic E-state index is 13.2. The van der Waals surface area contributed by atoms with Crippen LogP contribution in [0.25, 0.3) is 0 Å². The first-order valence-electron chi connectivity index (χ1n) is 10.7. The topological polar surface area (TPSA) is 60.9 Å². The molecule has 1 amide bonds. The smallest absolute Gasteiger partial charge is 0.416 e. The van der Waals surface area contributed by atoms with Crippen molar-refractivity contribution in [2.75, 3.05) is 24.5 Å². The molecule has 0 aromatic heterocycles. The molecular formula is C24H27F3N2O3. The van der Waals surface area contributed by atoms with Gasteiger partial charge in [-0.05, 0) is 68.7 Å². The number of carboxylic acids is 1. The van der Waals surface area contributed by atoms with Crippen LogP contribution in [0.3, 0.4) is 0 Å². The highest BCUT2D eigenvalue weighted by molar-refractivity contribution is 5.89. The predicted molar refractivity (Wildman–Crippen MR) is 116 cm³/mol. The Morgan fingerprint density at radius 1 is 1.00 bits per heavy atom. The minimum absolute atomic E-state index is 0.00294. The number of rotatable bonds is 6. The Morgan fingerprint density at radius 3 is 2.09 bits per heavy atom. The number of nitrogens with zero attached hydrogens (tertiary/aromatic N) is 2. The molecule has 0 radical (unpaired) electrons. The van der Waals surface area contributed by atoms with E-state index in [0.29, 0.717) is 32.5 Å². The van der Waals surface area contributed by atoms with Crippen molar-refractivity contribution < 1.29 is 27.9 Å². The summed E-state index contributed by atoms with van der Waals surface area (Å²) >= 11 is 0. The number of alkyl halides is 3. The summed E-state index contributed by atoms with van der Waals surface area (Å²) in [5.41, 5.74) is 0.973. The van der Waals surface area contributed by atoms with E-state index in [9.17, 15) is 27.9 Å². The first kappa shape index (κ1) is 23.6. The van der Waals surface area contributed by atoms with Crippen molar-refractivity contribution in [1.29, 1.82) is 0 Å². The fourth-order valence-corrected chi connectivity index (χ4v) is 4.27. The number of aromatic carboxylic acids is 1. The lowest BCUT2D eigenvalue weighted by Gasteiger charge is -2.42. The van der Waals surface area contributed by atoms with Gasteiger partial charge in [0, 0.05) is 31.2 Å². The minimum Gasteiger partial charge on any atom is -0.478 e. The van der Waals surface area contributed by atoms with Gasteiger partial charge in [0.2, 0.25) is 5.91 Å². The monoisotopic (exact) mass is 448 g/mol. The molecule has 32 heavy (non-hydrogen) atoms. The van der Waals surface area contributed by atoms with E-state index in [1.807, 2.05) is 18.7 Å². The Morgan fingerprint density at radius 2 is 1.59 bits per heavy atom. The molecule has 1 heterocycles. The SMILES string of the molecule is CCN(CC)C(=O)[C@@H]1CCC(c2ccc(C(F)(F)F)cc2)CN1c1ccc(C(=O)O)cc1. The average Bonchev–Trinajstić information content (AvgIpc) is 2.79. The van der Waals surface area contributed by atoms with Gasteiger partial charge < -0.3 is 14.9 Å². The largest absolute Gasteiger partial charge is 0.478 e. The molecule has 172 valence electrons. The molecular weight excluding hydrogens is 421 g/mol. The van der Waals surface area contributed by atoms with Crippen LogP contribution >= 0.6 is 0 Å². The summed E-state index contributed by atoms with van der Waals surface area (Å²) in [7, 11) is 0. The highest BCUT2D eigenvalue weighted by atomic mass is 19.4. The number of carboxylic acid groups (broad SMARTS) is 1. The fraction of sp³-hybridized carbons (Fsp3) is 0.417. The van der Waals surface area contributed by atoms with Crippen LogP contribution in [-0.2, 0) is 11.0 Å². The van der Waals surface area contributed by atoms with Crippen molar-refractivity contribution in [1.82, 2.24) is 4.90 Å². The van der Waals surface area contributed by atoms with Crippen LogP contribution in [0.1, 0.15) is 54.1 Å². The Balaban J connectivity index is 1.90. The van der Waals surface area contributed by atoms with Gasteiger partial charge in [-0.2, -0.15) is 13.2 Å². The molecule has 1 fully saturated rings. The van der Waals surface area contributed by atoms with Crippen LogP contribution in [0.2, 0.25) is 0 Å². The molecule has 0 spiro atoms. The third kappa shape index (κ3) is 5.06. The Bertz CT molecular complexity index is 938. The standard InChI is InChI=1S/C24H27F3N2O3/c1-3-28(4-2)22(30)21-14-9-18(16-5-10-19(11-6-16)24(25,26)27)15-29(21)20-12-7-17(8-13-20)23(31)32/h5-8,10-13,18,21H,3-4,9,14-15H2,1-2H3,(H,31,32)/t18?,21-/m0/s1. The van der Waals surface area contributed by atoms with Crippen LogP contribution in [0.5, 0.6) is 0 Å². The van der Waals surface area contributed by atoms with E-state index >= 15 is 0 Å². The first-order valence-corrected chi connectivity index (χ1v) is 10.7. The van der Waals surface area contributed by atoms with E-state index in [1.54, 1.807) is 17.0 Å². The van der Waals surface area contributed by atoms with E-state index in [0.717, 1.165) is 23.4 Å². The maximum atomic E-state index is 13.2. The average molecular weight is 448 g/mol. The van der Waals surface area contributed by atoms with Crippen LogP contribution in [-0.4, -0.2) is 47.6 Å². The summed E-state index contributed by atoms with van der Waals surface area (Å²) in [5, 5.41) is 9.18. The summed E-state index contributed by atoms with van der Waals surface area (Å²) in [6.45, 7) is 5.46. The lowest BCUT2D eigenvalue weighted by Crippen LogP contribution is -2.52. The fourth-order valence-electron chi connectivity index (χ4n) is 4.27. The number of halogens is 3. The van der Waals surface area contributed by atoms with E-state index in [-0.39, 0.29) is 17.4 Å². The molecule has 2 aromatic carbocycles. The molecule has 2 atom stereocenters. The summed E-state index contributed by atoms with van der Waals surface area (Å²) in [4.78, 5) is 28.1. The molecule has 0 aliphatic carbocycles. The quantitative estimate of drug-likeness (QED) is 0.674. The second-order valence-corrected chi connectivity index (χ2v) is 7.92. The van der Waals surface area contributed by atoms with E-state index in [1.165, 1.54) is 24.3 Å². The van der Waals surface area contributed by atoms with Crippen molar-refractivity contribution in [3.63, 3.8) is 0 Å². The van der Waals surface area contributed by atoms with Crippen molar-refractivity contribution in [3.05, 3.63) is 65.2 Å². The number of anilines is 1. The van der Waals surface area contributed by atoms with E-state index < -0.39 is 23.8 Å². The van der Waals surface area contributed by atoms with Gasteiger partial charge in [-0.3, -0.25) is 4.79 Å². The summed E-state index contributed by atoms with van der Waals surface area (Å²) in [6.07, 6.45) is -3.15. The minimum atomic E-state index is -4.38. The van der Waals surface area contributed by atoms with Gasteiger partial charge in [0.25, 0.3) is 0 Å². The molecule has 1 unspecified atom stereocenters. The molecule has 5 nitrogen and oxygen atoms in total. The second kappa shape index (κ2) is 9.63. The molecule has 8 heteroatoms. The molecule has 0 saturated carbocycles. The van der Waals surface area contributed by atoms with Crippen LogP contribution in [0, 0.1) is 0 Å². The number of likely N-dealkylation sites (N-methyl/N-ethyl adjacent to an activating group) is 1. The molecule has 3 rings (SSSR count). The molecule has 2 aromatic rings. The van der Waals surface area contributed by atoms with Gasteiger partial charge in [-0.25, -0.2) is 4.79 Å². The van der Waals surface area contributed by atoms with Crippen LogP contribution < -0.4 is 4.90 Å². The number of hydrogen-bond acceptors (Lipinski definition) is 3. The molecule has 1 aliphatic rings. The third-order valence-electron chi connectivity index (χ3n) is 6.10. The van der Waals surface area contributed by atoms with Gasteiger partial charge in [-0.1, -0.05) is 12.1 Å². The Hall–Kier alpha value is -3.03. The van der Waals surface area contributed by atoms with Crippen molar-refractivity contribution in [2.24, 2.45) is 0 Å².